The maximum atomic E-state index is 12.0. The second kappa shape index (κ2) is 5.79. The Balaban J connectivity index is 1.61. The third-order valence-electron chi connectivity index (χ3n) is 3.37. The van der Waals surface area contributed by atoms with Gasteiger partial charge in [-0.25, -0.2) is 4.98 Å². The van der Waals surface area contributed by atoms with Crippen molar-refractivity contribution in [1.29, 1.82) is 0 Å². The predicted molar refractivity (Wildman–Crippen MR) is 84.2 cm³/mol. The van der Waals surface area contributed by atoms with E-state index in [1.807, 2.05) is 36.4 Å². The topological polar surface area (TPSA) is 57.8 Å². The smallest absolute Gasteiger partial charge is 0.227 e. The molecule has 4 heteroatoms. The summed E-state index contributed by atoms with van der Waals surface area (Å²) in [7, 11) is 0. The van der Waals surface area contributed by atoms with Crippen LogP contribution in [0.4, 0.5) is 5.95 Å². The Morgan fingerprint density at radius 3 is 2.86 bits per heavy atom. The summed E-state index contributed by atoms with van der Waals surface area (Å²) >= 11 is 0. The highest BCUT2D eigenvalue weighted by atomic mass is 16.1. The highest BCUT2D eigenvalue weighted by Crippen LogP contribution is 2.14. The Bertz CT molecular complexity index is 743. The van der Waals surface area contributed by atoms with E-state index in [4.69, 9.17) is 0 Å². The summed E-state index contributed by atoms with van der Waals surface area (Å²) in [5, 5.41) is 2.81. The van der Waals surface area contributed by atoms with Gasteiger partial charge < -0.3 is 4.98 Å². The Labute approximate surface area is 123 Å². The zero-order valence-corrected chi connectivity index (χ0v) is 11.9. The van der Waals surface area contributed by atoms with Crippen LogP contribution in [0.5, 0.6) is 0 Å². The van der Waals surface area contributed by atoms with E-state index >= 15 is 0 Å². The lowest BCUT2D eigenvalue weighted by molar-refractivity contribution is -0.116. The minimum absolute atomic E-state index is 0.0319. The second-order valence-electron chi connectivity index (χ2n) is 5.14. The van der Waals surface area contributed by atoms with Crippen molar-refractivity contribution in [2.24, 2.45) is 0 Å². The van der Waals surface area contributed by atoms with Crippen LogP contribution < -0.4 is 5.32 Å². The first-order valence-corrected chi connectivity index (χ1v) is 7.01. The molecule has 0 bridgehead atoms. The molecule has 0 unspecified atom stereocenters. The first kappa shape index (κ1) is 13.4. The van der Waals surface area contributed by atoms with Crippen LogP contribution in [0.2, 0.25) is 0 Å². The highest BCUT2D eigenvalue weighted by Gasteiger charge is 2.07. The standard InChI is InChI=1S/C17H17N3O/c1-12-5-4-6-13(11-12)9-10-16(21)20-17-18-14-7-2-3-8-15(14)19-17/h2-8,11H,9-10H2,1H3,(H2,18,19,20,21). The fourth-order valence-electron chi connectivity index (χ4n) is 2.33. The number of nitrogens with zero attached hydrogens (tertiary/aromatic N) is 1. The molecule has 3 rings (SSSR count). The molecule has 0 aliphatic heterocycles. The van der Waals surface area contributed by atoms with Crippen molar-refractivity contribution < 1.29 is 4.79 Å². The molecule has 0 aliphatic carbocycles. The zero-order valence-electron chi connectivity index (χ0n) is 11.9. The van der Waals surface area contributed by atoms with Crippen LogP contribution in [0.15, 0.2) is 48.5 Å². The van der Waals surface area contributed by atoms with E-state index in [2.05, 4.69) is 34.3 Å². The molecular weight excluding hydrogens is 262 g/mol. The summed E-state index contributed by atoms with van der Waals surface area (Å²) in [6, 6.07) is 15.9. The average molecular weight is 279 g/mol. The molecule has 1 amide bonds. The minimum Gasteiger partial charge on any atom is -0.324 e. The third-order valence-corrected chi connectivity index (χ3v) is 3.37. The van der Waals surface area contributed by atoms with Crippen molar-refractivity contribution in [3.63, 3.8) is 0 Å². The van der Waals surface area contributed by atoms with Crippen LogP contribution in [-0.4, -0.2) is 15.9 Å². The average Bonchev–Trinajstić information content (AvgIpc) is 2.87. The van der Waals surface area contributed by atoms with Crippen molar-refractivity contribution in [2.75, 3.05) is 5.32 Å². The molecule has 0 saturated carbocycles. The molecule has 2 aromatic carbocycles. The van der Waals surface area contributed by atoms with Gasteiger partial charge in [0.15, 0.2) is 0 Å². The van der Waals surface area contributed by atoms with Crippen molar-refractivity contribution in [1.82, 2.24) is 9.97 Å². The van der Waals surface area contributed by atoms with E-state index in [9.17, 15) is 4.79 Å². The lowest BCUT2D eigenvalue weighted by atomic mass is 10.1. The van der Waals surface area contributed by atoms with E-state index in [0.29, 0.717) is 12.4 Å². The maximum Gasteiger partial charge on any atom is 0.227 e. The van der Waals surface area contributed by atoms with Crippen molar-refractivity contribution in [2.45, 2.75) is 19.8 Å². The number of aryl methyl sites for hydroxylation is 2. The fraction of sp³-hybridized carbons (Fsp3) is 0.176. The van der Waals surface area contributed by atoms with Gasteiger partial charge in [0.1, 0.15) is 0 Å². The van der Waals surface area contributed by atoms with Crippen LogP contribution in [-0.2, 0) is 11.2 Å². The lowest BCUT2D eigenvalue weighted by Crippen LogP contribution is -2.13. The molecular formula is C17H17N3O. The van der Waals surface area contributed by atoms with Crippen LogP contribution >= 0.6 is 0 Å². The van der Waals surface area contributed by atoms with Gasteiger partial charge in [-0.05, 0) is 31.0 Å². The van der Waals surface area contributed by atoms with Gasteiger partial charge in [0, 0.05) is 6.42 Å². The SMILES string of the molecule is Cc1cccc(CCC(=O)Nc2nc3ccccc3[nH]2)c1. The van der Waals surface area contributed by atoms with Gasteiger partial charge in [0.25, 0.3) is 0 Å². The van der Waals surface area contributed by atoms with Crippen LogP contribution in [0.3, 0.4) is 0 Å². The predicted octanol–water partition coefficient (Wildman–Crippen LogP) is 3.44. The number of imidazole rings is 1. The Morgan fingerprint density at radius 2 is 2.05 bits per heavy atom. The van der Waals surface area contributed by atoms with E-state index in [1.165, 1.54) is 11.1 Å². The van der Waals surface area contributed by atoms with Gasteiger partial charge in [-0.2, -0.15) is 0 Å². The highest BCUT2D eigenvalue weighted by molar-refractivity contribution is 5.91. The van der Waals surface area contributed by atoms with Crippen molar-refractivity contribution in [3.05, 3.63) is 59.7 Å². The van der Waals surface area contributed by atoms with Gasteiger partial charge >= 0.3 is 0 Å². The first-order chi connectivity index (χ1) is 10.2. The summed E-state index contributed by atoms with van der Waals surface area (Å²) in [6.07, 6.45) is 1.17. The fourth-order valence-corrected chi connectivity index (χ4v) is 2.33. The van der Waals surface area contributed by atoms with Crippen LogP contribution in [0.25, 0.3) is 11.0 Å². The number of aromatic amines is 1. The Hall–Kier alpha value is -2.62. The maximum absolute atomic E-state index is 12.0. The van der Waals surface area contributed by atoms with Gasteiger partial charge in [-0.15, -0.1) is 0 Å². The van der Waals surface area contributed by atoms with Gasteiger partial charge in [-0.1, -0.05) is 42.0 Å². The molecule has 0 spiro atoms. The number of benzene rings is 2. The van der Waals surface area contributed by atoms with Crippen LogP contribution in [0, 0.1) is 6.92 Å². The number of H-pyrrole nitrogens is 1. The number of hydrogen-bond donors (Lipinski definition) is 2. The molecule has 1 aromatic heterocycles. The molecule has 0 fully saturated rings. The van der Waals surface area contributed by atoms with E-state index in [-0.39, 0.29) is 5.91 Å². The normalized spacial score (nSPS) is 10.7. The number of fused-ring (bicyclic) bond motifs is 1. The summed E-state index contributed by atoms with van der Waals surface area (Å²) in [6.45, 7) is 2.05. The molecule has 3 aromatic rings. The zero-order chi connectivity index (χ0) is 14.7. The minimum atomic E-state index is -0.0319. The molecule has 106 valence electrons. The molecule has 1 heterocycles. The quantitative estimate of drug-likeness (QED) is 0.768. The van der Waals surface area contributed by atoms with Gasteiger partial charge in [-0.3, -0.25) is 10.1 Å². The second-order valence-corrected chi connectivity index (χ2v) is 5.14. The van der Waals surface area contributed by atoms with E-state index in [1.54, 1.807) is 0 Å². The van der Waals surface area contributed by atoms with E-state index in [0.717, 1.165) is 17.5 Å². The number of para-hydroxylation sites is 2. The number of nitrogens with one attached hydrogen (secondary N) is 2. The Morgan fingerprint density at radius 1 is 1.19 bits per heavy atom. The van der Waals surface area contributed by atoms with Crippen LogP contribution in [0.1, 0.15) is 17.5 Å². The molecule has 21 heavy (non-hydrogen) atoms. The van der Waals surface area contributed by atoms with Gasteiger partial charge in [0.2, 0.25) is 11.9 Å². The monoisotopic (exact) mass is 279 g/mol. The van der Waals surface area contributed by atoms with E-state index < -0.39 is 0 Å². The number of rotatable bonds is 4. The molecule has 0 atom stereocenters. The number of carbonyl (C=O) groups excluding carboxylic acids is 1. The molecule has 0 aliphatic rings. The number of amides is 1. The first-order valence-electron chi connectivity index (χ1n) is 7.01. The molecule has 2 N–H and O–H groups in total. The summed E-state index contributed by atoms with van der Waals surface area (Å²) in [4.78, 5) is 19.4. The number of anilines is 1. The summed E-state index contributed by atoms with van der Waals surface area (Å²) < 4.78 is 0. The summed E-state index contributed by atoms with van der Waals surface area (Å²) in [5.74, 6) is 0.473. The number of aromatic nitrogens is 2. The van der Waals surface area contributed by atoms with Crippen molar-refractivity contribution >= 4 is 22.9 Å². The lowest BCUT2D eigenvalue weighted by Gasteiger charge is -2.03. The number of hydrogen-bond acceptors (Lipinski definition) is 2. The molecule has 4 nitrogen and oxygen atoms in total. The summed E-state index contributed by atoms with van der Waals surface area (Å²) in [5.41, 5.74) is 4.16. The van der Waals surface area contributed by atoms with Gasteiger partial charge in [0.05, 0.1) is 11.0 Å². The Kier molecular flexibility index (Phi) is 3.69. The largest absolute Gasteiger partial charge is 0.324 e. The molecule has 0 saturated heterocycles. The number of carbonyl (C=O) groups is 1. The third kappa shape index (κ3) is 3.28. The van der Waals surface area contributed by atoms with Crippen molar-refractivity contribution in [3.8, 4) is 0 Å². The molecule has 0 radical (unpaired) electrons.